The lowest BCUT2D eigenvalue weighted by molar-refractivity contribution is -0.142. The molecule has 1 aromatic rings. The molecule has 0 aromatic heterocycles. The number of nitrogens with two attached hydrogens (primary N) is 1. The van der Waals surface area contributed by atoms with Crippen LogP contribution in [0, 0.1) is 0 Å². The van der Waals surface area contributed by atoms with Crippen LogP contribution in [0.15, 0.2) is 18.2 Å². The maximum absolute atomic E-state index is 10.8. The van der Waals surface area contributed by atoms with E-state index in [2.05, 4.69) is 4.74 Å². The van der Waals surface area contributed by atoms with E-state index in [1.54, 1.807) is 18.2 Å². The standard InChI is InChI=1S/C10H12ClNO3/c1-14-10(13)6-15-9-3-2-7(5-12)4-8(9)11/h2-4H,5-6,12H2,1H3. The van der Waals surface area contributed by atoms with Crippen molar-refractivity contribution in [3.8, 4) is 5.75 Å². The van der Waals surface area contributed by atoms with Crippen LogP contribution in [-0.4, -0.2) is 19.7 Å². The lowest BCUT2D eigenvalue weighted by atomic mass is 10.2. The molecule has 0 saturated heterocycles. The van der Waals surface area contributed by atoms with Crippen LogP contribution < -0.4 is 10.5 Å². The summed E-state index contributed by atoms with van der Waals surface area (Å²) in [5.41, 5.74) is 6.35. The van der Waals surface area contributed by atoms with E-state index in [0.717, 1.165) is 5.56 Å². The summed E-state index contributed by atoms with van der Waals surface area (Å²) in [6.45, 7) is 0.259. The minimum absolute atomic E-state index is 0.155. The highest BCUT2D eigenvalue weighted by atomic mass is 35.5. The van der Waals surface area contributed by atoms with Gasteiger partial charge in [-0.2, -0.15) is 0 Å². The van der Waals surface area contributed by atoms with Gasteiger partial charge in [0.1, 0.15) is 5.75 Å². The van der Waals surface area contributed by atoms with Crippen LogP contribution in [0.3, 0.4) is 0 Å². The molecule has 0 atom stereocenters. The lowest BCUT2D eigenvalue weighted by Crippen LogP contribution is -2.12. The monoisotopic (exact) mass is 229 g/mol. The molecule has 4 nitrogen and oxygen atoms in total. The van der Waals surface area contributed by atoms with E-state index in [1.165, 1.54) is 7.11 Å². The zero-order chi connectivity index (χ0) is 11.3. The summed E-state index contributed by atoms with van der Waals surface area (Å²) in [5, 5.41) is 0.432. The molecule has 0 heterocycles. The first-order chi connectivity index (χ1) is 7.17. The van der Waals surface area contributed by atoms with Gasteiger partial charge in [-0.1, -0.05) is 17.7 Å². The van der Waals surface area contributed by atoms with Crippen molar-refractivity contribution in [3.05, 3.63) is 28.8 Å². The topological polar surface area (TPSA) is 61.5 Å². The zero-order valence-electron chi connectivity index (χ0n) is 8.33. The summed E-state index contributed by atoms with van der Waals surface area (Å²) < 4.78 is 9.57. The third-order valence-electron chi connectivity index (χ3n) is 1.81. The van der Waals surface area contributed by atoms with E-state index >= 15 is 0 Å². The van der Waals surface area contributed by atoms with Crippen molar-refractivity contribution in [3.63, 3.8) is 0 Å². The Hall–Kier alpha value is -1.26. The summed E-state index contributed by atoms with van der Waals surface area (Å²) in [7, 11) is 1.30. The highest BCUT2D eigenvalue weighted by molar-refractivity contribution is 6.32. The number of esters is 1. The van der Waals surface area contributed by atoms with Crippen LogP contribution in [0.5, 0.6) is 5.75 Å². The molecule has 15 heavy (non-hydrogen) atoms. The van der Waals surface area contributed by atoms with Crippen LogP contribution in [0.1, 0.15) is 5.56 Å². The van der Waals surface area contributed by atoms with Crippen LogP contribution in [-0.2, 0) is 16.1 Å². The number of methoxy groups -OCH3 is 1. The van der Waals surface area contributed by atoms with Crippen molar-refractivity contribution in [2.75, 3.05) is 13.7 Å². The predicted octanol–water partition coefficient (Wildman–Crippen LogP) is 1.35. The van der Waals surface area contributed by atoms with Crippen molar-refractivity contribution in [2.45, 2.75) is 6.54 Å². The van der Waals surface area contributed by atoms with Gasteiger partial charge in [0.15, 0.2) is 6.61 Å². The second kappa shape index (κ2) is 5.58. The Morgan fingerprint density at radius 3 is 2.80 bits per heavy atom. The maximum Gasteiger partial charge on any atom is 0.343 e. The third kappa shape index (κ3) is 3.42. The average Bonchev–Trinajstić information content (AvgIpc) is 2.26. The fourth-order valence-electron chi connectivity index (χ4n) is 0.984. The molecule has 0 amide bonds. The molecule has 0 fully saturated rings. The number of hydrogen-bond donors (Lipinski definition) is 1. The first-order valence-electron chi connectivity index (χ1n) is 4.35. The van der Waals surface area contributed by atoms with Gasteiger partial charge in [-0.3, -0.25) is 0 Å². The number of halogens is 1. The molecule has 5 heteroatoms. The Morgan fingerprint density at radius 2 is 2.27 bits per heavy atom. The first kappa shape index (κ1) is 11.8. The van der Waals surface area contributed by atoms with Crippen LogP contribution in [0.2, 0.25) is 5.02 Å². The minimum atomic E-state index is -0.450. The molecular weight excluding hydrogens is 218 g/mol. The number of rotatable bonds is 4. The summed E-state index contributed by atoms with van der Waals surface area (Å²) in [4.78, 5) is 10.8. The number of hydrogen-bond acceptors (Lipinski definition) is 4. The summed E-state index contributed by atoms with van der Waals surface area (Å²) in [5.74, 6) is -0.00626. The van der Waals surface area contributed by atoms with E-state index in [4.69, 9.17) is 22.1 Å². The Balaban J connectivity index is 2.66. The SMILES string of the molecule is COC(=O)COc1ccc(CN)cc1Cl. The van der Waals surface area contributed by atoms with Crippen molar-refractivity contribution in [2.24, 2.45) is 5.73 Å². The van der Waals surface area contributed by atoms with Gasteiger partial charge in [-0.25, -0.2) is 4.79 Å². The molecule has 82 valence electrons. The predicted molar refractivity (Wildman–Crippen MR) is 56.9 cm³/mol. The summed E-state index contributed by atoms with van der Waals surface area (Å²) in [6.07, 6.45) is 0. The molecule has 0 bridgehead atoms. The van der Waals surface area contributed by atoms with Gasteiger partial charge in [0.25, 0.3) is 0 Å². The molecule has 1 aromatic carbocycles. The van der Waals surface area contributed by atoms with E-state index < -0.39 is 5.97 Å². The van der Waals surface area contributed by atoms with Gasteiger partial charge in [-0.15, -0.1) is 0 Å². The van der Waals surface area contributed by atoms with Gasteiger partial charge in [-0.05, 0) is 17.7 Å². The second-order valence-corrected chi connectivity index (χ2v) is 3.24. The Bertz CT molecular complexity index is 355. The number of ether oxygens (including phenoxy) is 2. The van der Waals surface area contributed by atoms with E-state index in [-0.39, 0.29) is 6.61 Å². The highest BCUT2D eigenvalue weighted by Crippen LogP contribution is 2.25. The fraction of sp³-hybridized carbons (Fsp3) is 0.300. The molecule has 0 saturated carbocycles. The minimum Gasteiger partial charge on any atom is -0.480 e. The molecule has 0 aliphatic rings. The smallest absolute Gasteiger partial charge is 0.343 e. The lowest BCUT2D eigenvalue weighted by Gasteiger charge is -2.07. The maximum atomic E-state index is 10.8. The fourth-order valence-corrected chi connectivity index (χ4v) is 1.24. The van der Waals surface area contributed by atoms with Crippen LogP contribution in [0.4, 0.5) is 0 Å². The molecule has 2 N–H and O–H groups in total. The molecule has 0 radical (unpaired) electrons. The Kier molecular flexibility index (Phi) is 4.39. The molecule has 0 aliphatic heterocycles. The van der Waals surface area contributed by atoms with E-state index in [9.17, 15) is 4.79 Å². The van der Waals surface area contributed by atoms with Crippen LogP contribution >= 0.6 is 11.6 Å². The quantitative estimate of drug-likeness (QED) is 0.792. The van der Waals surface area contributed by atoms with Gasteiger partial charge in [0.2, 0.25) is 0 Å². The van der Waals surface area contributed by atoms with Crippen molar-refractivity contribution in [1.29, 1.82) is 0 Å². The zero-order valence-corrected chi connectivity index (χ0v) is 9.08. The van der Waals surface area contributed by atoms with Gasteiger partial charge in [0, 0.05) is 6.54 Å². The van der Waals surface area contributed by atoms with Gasteiger partial charge < -0.3 is 15.2 Å². The van der Waals surface area contributed by atoms with E-state index in [1.807, 2.05) is 0 Å². The Morgan fingerprint density at radius 1 is 1.53 bits per heavy atom. The van der Waals surface area contributed by atoms with Crippen molar-refractivity contribution >= 4 is 17.6 Å². The van der Waals surface area contributed by atoms with E-state index in [0.29, 0.717) is 17.3 Å². The number of carbonyl (C=O) groups is 1. The molecule has 0 aliphatic carbocycles. The van der Waals surface area contributed by atoms with Gasteiger partial charge in [0.05, 0.1) is 12.1 Å². The van der Waals surface area contributed by atoms with Crippen LogP contribution in [0.25, 0.3) is 0 Å². The Labute approximate surface area is 92.9 Å². The largest absolute Gasteiger partial charge is 0.480 e. The second-order valence-electron chi connectivity index (χ2n) is 2.83. The summed E-state index contributed by atoms with van der Waals surface area (Å²) >= 11 is 5.90. The summed E-state index contributed by atoms with van der Waals surface area (Å²) in [6, 6.07) is 5.17. The molecule has 1 rings (SSSR count). The third-order valence-corrected chi connectivity index (χ3v) is 2.10. The highest BCUT2D eigenvalue weighted by Gasteiger charge is 2.05. The van der Waals surface area contributed by atoms with Crippen molar-refractivity contribution < 1.29 is 14.3 Å². The molecular formula is C10H12ClNO3. The normalized spacial score (nSPS) is 9.80. The van der Waals surface area contributed by atoms with Crippen molar-refractivity contribution in [1.82, 2.24) is 0 Å². The number of benzene rings is 1. The first-order valence-corrected chi connectivity index (χ1v) is 4.73. The average molecular weight is 230 g/mol. The molecule has 0 unspecified atom stereocenters. The number of carbonyl (C=O) groups excluding carboxylic acids is 1. The van der Waals surface area contributed by atoms with Gasteiger partial charge >= 0.3 is 5.97 Å². The molecule has 0 spiro atoms.